The fraction of sp³-hybridized carbons (Fsp3) is 0.364. The summed E-state index contributed by atoms with van der Waals surface area (Å²) < 4.78 is 39.6. The largest absolute Gasteiger partial charge is 0.399 e. The van der Waals surface area contributed by atoms with Gasteiger partial charge in [0.25, 0.3) is 0 Å². The third kappa shape index (κ3) is 4.43. The third-order valence-electron chi connectivity index (χ3n) is 2.30. The summed E-state index contributed by atoms with van der Waals surface area (Å²) in [5.41, 5.74) is 5.57. The first-order chi connectivity index (χ1) is 9.27. The quantitative estimate of drug-likeness (QED) is 0.652. The number of carbonyl (C=O) groups is 1. The van der Waals surface area contributed by atoms with E-state index in [1.54, 1.807) is 0 Å². The van der Waals surface area contributed by atoms with Crippen LogP contribution in [-0.4, -0.2) is 27.4 Å². The molecule has 0 spiro atoms. The van der Waals surface area contributed by atoms with Crippen molar-refractivity contribution >= 4 is 37.5 Å². The van der Waals surface area contributed by atoms with Crippen LogP contribution < -0.4 is 15.8 Å². The molecule has 112 valence electrons. The molecule has 0 aromatic heterocycles. The number of sulfonamides is 1. The third-order valence-corrected chi connectivity index (χ3v) is 4.28. The van der Waals surface area contributed by atoms with Crippen LogP contribution in [0.1, 0.15) is 13.3 Å². The minimum Gasteiger partial charge on any atom is -0.399 e. The summed E-state index contributed by atoms with van der Waals surface area (Å²) >= 11 is 2.88. The molecular weight excluding hydrogens is 353 g/mol. The van der Waals surface area contributed by atoms with E-state index in [1.165, 1.54) is 6.07 Å². The van der Waals surface area contributed by atoms with Gasteiger partial charge in [-0.05, 0) is 34.5 Å². The minimum atomic E-state index is -4.15. The Labute approximate surface area is 125 Å². The van der Waals surface area contributed by atoms with Gasteiger partial charge in [-0.25, -0.2) is 17.5 Å². The molecule has 0 radical (unpaired) electrons. The lowest BCUT2D eigenvalue weighted by atomic mass is 10.3. The van der Waals surface area contributed by atoms with E-state index in [-0.39, 0.29) is 10.2 Å². The molecule has 0 aliphatic carbocycles. The molecule has 0 bridgehead atoms. The van der Waals surface area contributed by atoms with Crippen LogP contribution in [-0.2, 0) is 14.8 Å². The van der Waals surface area contributed by atoms with E-state index in [0.717, 1.165) is 12.5 Å². The summed E-state index contributed by atoms with van der Waals surface area (Å²) in [6, 6.07) is 2.24. The van der Waals surface area contributed by atoms with Crippen molar-refractivity contribution in [2.45, 2.75) is 18.2 Å². The normalized spacial score (nSPS) is 11.3. The first kappa shape index (κ1) is 16.9. The number of carbonyl (C=O) groups excluding carboxylic acids is 1. The van der Waals surface area contributed by atoms with Gasteiger partial charge >= 0.3 is 0 Å². The van der Waals surface area contributed by atoms with Gasteiger partial charge in [0.1, 0.15) is 4.90 Å². The van der Waals surface area contributed by atoms with E-state index >= 15 is 0 Å². The molecule has 0 fully saturated rings. The molecule has 0 aliphatic heterocycles. The van der Waals surface area contributed by atoms with Crippen molar-refractivity contribution in [3.63, 3.8) is 0 Å². The molecule has 0 unspecified atom stereocenters. The van der Waals surface area contributed by atoms with Crippen molar-refractivity contribution in [2.75, 3.05) is 18.8 Å². The molecule has 0 aliphatic rings. The topological polar surface area (TPSA) is 101 Å². The highest BCUT2D eigenvalue weighted by atomic mass is 79.9. The molecule has 1 rings (SSSR count). The second kappa shape index (κ2) is 7.00. The summed E-state index contributed by atoms with van der Waals surface area (Å²) in [7, 11) is -4.15. The maximum Gasteiger partial charge on any atom is 0.244 e. The fourth-order valence-corrected chi connectivity index (χ4v) is 3.07. The molecule has 1 amide bonds. The number of anilines is 1. The number of amides is 1. The summed E-state index contributed by atoms with van der Waals surface area (Å²) in [5, 5.41) is 2.50. The average molecular weight is 368 g/mol. The highest BCUT2D eigenvalue weighted by molar-refractivity contribution is 9.10. The number of hydrogen-bond acceptors (Lipinski definition) is 4. The number of benzene rings is 1. The van der Waals surface area contributed by atoms with Gasteiger partial charge in [-0.15, -0.1) is 0 Å². The van der Waals surface area contributed by atoms with E-state index in [1.807, 2.05) is 11.6 Å². The molecule has 4 N–H and O–H groups in total. The zero-order chi connectivity index (χ0) is 15.3. The Morgan fingerprint density at radius 1 is 1.45 bits per heavy atom. The van der Waals surface area contributed by atoms with Crippen LogP contribution in [0, 0.1) is 5.82 Å². The molecule has 6 nitrogen and oxygen atoms in total. The number of rotatable bonds is 6. The van der Waals surface area contributed by atoms with Gasteiger partial charge < -0.3 is 11.1 Å². The highest BCUT2D eigenvalue weighted by Crippen LogP contribution is 2.25. The van der Waals surface area contributed by atoms with Gasteiger partial charge in [0.05, 0.1) is 11.0 Å². The molecule has 0 saturated carbocycles. The lowest BCUT2D eigenvalue weighted by molar-refractivity contribution is -0.119. The highest BCUT2D eigenvalue weighted by Gasteiger charge is 2.22. The Morgan fingerprint density at radius 3 is 2.70 bits per heavy atom. The molecule has 1 aromatic carbocycles. The van der Waals surface area contributed by atoms with Crippen molar-refractivity contribution in [2.24, 2.45) is 0 Å². The predicted molar refractivity (Wildman–Crippen MR) is 77.0 cm³/mol. The van der Waals surface area contributed by atoms with E-state index < -0.39 is 33.2 Å². The van der Waals surface area contributed by atoms with Gasteiger partial charge in [0, 0.05) is 12.2 Å². The number of halogens is 2. The number of nitrogen functional groups attached to an aromatic ring is 1. The zero-order valence-corrected chi connectivity index (χ0v) is 13.1. The SMILES string of the molecule is CCCNC(=O)CNS(=O)(=O)c1cc(N)cc(Br)c1F. The van der Waals surface area contributed by atoms with Crippen LogP contribution in [0.15, 0.2) is 21.5 Å². The van der Waals surface area contributed by atoms with Gasteiger partial charge in [-0.2, -0.15) is 0 Å². The van der Waals surface area contributed by atoms with Crippen molar-refractivity contribution in [3.05, 3.63) is 22.4 Å². The molecule has 0 saturated heterocycles. The Morgan fingerprint density at radius 2 is 2.10 bits per heavy atom. The first-order valence-electron chi connectivity index (χ1n) is 5.78. The van der Waals surface area contributed by atoms with E-state index in [2.05, 4.69) is 21.2 Å². The summed E-state index contributed by atoms with van der Waals surface area (Å²) in [6.07, 6.45) is 0.731. The minimum absolute atomic E-state index is 0.0618. The van der Waals surface area contributed by atoms with Crippen molar-refractivity contribution in [1.29, 1.82) is 0 Å². The van der Waals surface area contributed by atoms with Gasteiger partial charge in [0.15, 0.2) is 5.82 Å². The van der Waals surface area contributed by atoms with Crippen LogP contribution in [0.25, 0.3) is 0 Å². The molecule has 20 heavy (non-hydrogen) atoms. The van der Waals surface area contributed by atoms with Crippen LogP contribution in [0.4, 0.5) is 10.1 Å². The predicted octanol–water partition coefficient (Wildman–Crippen LogP) is 0.975. The maximum absolute atomic E-state index is 13.8. The van der Waals surface area contributed by atoms with Crippen molar-refractivity contribution in [3.8, 4) is 0 Å². The van der Waals surface area contributed by atoms with Gasteiger partial charge in [-0.1, -0.05) is 6.92 Å². The Balaban J connectivity index is 2.87. The van der Waals surface area contributed by atoms with E-state index in [4.69, 9.17) is 5.73 Å². The molecule has 9 heteroatoms. The first-order valence-corrected chi connectivity index (χ1v) is 8.06. The van der Waals surface area contributed by atoms with Crippen LogP contribution >= 0.6 is 15.9 Å². The Hall–Kier alpha value is -1.19. The second-order valence-corrected chi connectivity index (χ2v) is 6.58. The number of nitrogens with one attached hydrogen (secondary N) is 2. The molecule has 0 atom stereocenters. The van der Waals surface area contributed by atoms with Crippen LogP contribution in [0.2, 0.25) is 0 Å². The monoisotopic (exact) mass is 367 g/mol. The number of hydrogen-bond donors (Lipinski definition) is 3. The van der Waals surface area contributed by atoms with E-state index in [9.17, 15) is 17.6 Å². The van der Waals surface area contributed by atoms with Crippen molar-refractivity contribution in [1.82, 2.24) is 10.0 Å². The maximum atomic E-state index is 13.8. The zero-order valence-electron chi connectivity index (χ0n) is 10.7. The summed E-state index contributed by atoms with van der Waals surface area (Å²) in [5.74, 6) is -1.44. The lowest BCUT2D eigenvalue weighted by Crippen LogP contribution is -2.37. The lowest BCUT2D eigenvalue weighted by Gasteiger charge is -2.09. The van der Waals surface area contributed by atoms with Gasteiger partial charge in [-0.3, -0.25) is 4.79 Å². The van der Waals surface area contributed by atoms with Crippen molar-refractivity contribution < 1.29 is 17.6 Å². The fourth-order valence-electron chi connectivity index (χ4n) is 1.34. The summed E-state index contributed by atoms with van der Waals surface area (Å²) in [6.45, 7) is 1.84. The Bertz CT molecular complexity index is 607. The van der Waals surface area contributed by atoms with Crippen LogP contribution in [0.3, 0.4) is 0 Å². The molecule has 1 aromatic rings. The van der Waals surface area contributed by atoms with Gasteiger partial charge in [0.2, 0.25) is 15.9 Å². The number of nitrogens with two attached hydrogens (primary N) is 1. The molecule has 0 heterocycles. The Kier molecular flexibility index (Phi) is 5.90. The second-order valence-electron chi connectivity index (χ2n) is 3.99. The average Bonchev–Trinajstić information content (AvgIpc) is 2.38. The summed E-state index contributed by atoms with van der Waals surface area (Å²) in [4.78, 5) is 10.7. The standard InChI is InChI=1S/C11H15BrFN3O3S/c1-2-3-15-10(17)6-16-20(18,19)9-5-7(14)4-8(12)11(9)13/h4-5,16H,2-3,6,14H2,1H3,(H,15,17). The van der Waals surface area contributed by atoms with Crippen LogP contribution in [0.5, 0.6) is 0 Å². The van der Waals surface area contributed by atoms with E-state index in [0.29, 0.717) is 6.54 Å². The smallest absolute Gasteiger partial charge is 0.244 e. The molecular formula is C11H15BrFN3O3S.